The van der Waals surface area contributed by atoms with Crippen molar-refractivity contribution in [1.82, 2.24) is 19.8 Å². The first-order valence-electron chi connectivity index (χ1n) is 12.5. The fourth-order valence-corrected chi connectivity index (χ4v) is 7.70. The maximum Gasteiger partial charge on any atom is 0.240 e. The highest BCUT2D eigenvalue weighted by atomic mass is 32.2. The molecule has 1 aliphatic heterocycles. The van der Waals surface area contributed by atoms with Gasteiger partial charge >= 0.3 is 0 Å². The Kier molecular flexibility index (Phi) is 7.52. The van der Waals surface area contributed by atoms with Crippen molar-refractivity contribution in [1.29, 1.82) is 0 Å². The topological polar surface area (TPSA) is 49.3 Å². The summed E-state index contributed by atoms with van der Waals surface area (Å²) >= 11 is 3.53. The summed E-state index contributed by atoms with van der Waals surface area (Å²) in [4.78, 5) is 28.4. The zero-order chi connectivity index (χ0) is 23.5. The number of aryl methyl sites for hydroxylation is 1. The summed E-state index contributed by atoms with van der Waals surface area (Å²) < 4.78 is 1.28. The molecule has 7 heteroatoms. The Hall–Kier alpha value is -1.96. The Morgan fingerprint density at radius 2 is 2.03 bits per heavy atom. The molecule has 1 aliphatic carbocycles. The SMILES string of the molecule is Cc1ccnc(S[C@@H]2C[C@@H](C(=O)N(C)Cc3cc4ccccc4s3)N(CC3CCCCC3)C2)n1. The van der Waals surface area contributed by atoms with Crippen molar-refractivity contribution in [3.8, 4) is 0 Å². The monoisotopic (exact) mass is 494 g/mol. The molecule has 5 nitrogen and oxygen atoms in total. The quantitative estimate of drug-likeness (QED) is 0.390. The lowest BCUT2D eigenvalue weighted by Gasteiger charge is -2.32. The molecule has 3 heterocycles. The Labute approximate surface area is 211 Å². The molecule has 1 saturated carbocycles. The lowest BCUT2D eigenvalue weighted by Crippen LogP contribution is -2.45. The van der Waals surface area contributed by atoms with E-state index in [4.69, 9.17) is 0 Å². The van der Waals surface area contributed by atoms with Crippen molar-refractivity contribution in [3.05, 3.63) is 53.2 Å². The summed E-state index contributed by atoms with van der Waals surface area (Å²) in [5.41, 5.74) is 0.991. The molecular formula is C27H34N4OS2. The van der Waals surface area contributed by atoms with Crippen molar-refractivity contribution >= 4 is 39.1 Å². The minimum Gasteiger partial charge on any atom is -0.339 e. The summed E-state index contributed by atoms with van der Waals surface area (Å²) in [5.74, 6) is 0.970. The zero-order valence-corrected chi connectivity index (χ0v) is 21.8. The van der Waals surface area contributed by atoms with E-state index < -0.39 is 0 Å². The van der Waals surface area contributed by atoms with Crippen LogP contribution in [0.4, 0.5) is 0 Å². The number of carbonyl (C=O) groups excluding carboxylic acids is 1. The Bertz CT molecular complexity index is 1090. The third-order valence-corrected chi connectivity index (χ3v) is 9.34. The Morgan fingerprint density at radius 3 is 2.82 bits per heavy atom. The highest BCUT2D eigenvalue weighted by Crippen LogP contribution is 2.35. The van der Waals surface area contributed by atoms with Crippen LogP contribution in [0.3, 0.4) is 0 Å². The number of hydrogen-bond acceptors (Lipinski definition) is 6. The summed E-state index contributed by atoms with van der Waals surface area (Å²) in [5, 5.41) is 2.43. The summed E-state index contributed by atoms with van der Waals surface area (Å²) in [6.07, 6.45) is 9.32. The minimum absolute atomic E-state index is 0.0522. The van der Waals surface area contributed by atoms with E-state index in [1.54, 1.807) is 23.1 Å². The normalized spacial score (nSPS) is 21.8. The number of thioether (sulfide) groups is 1. The van der Waals surface area contributed by atoms with Crippen LogP contribution in [0, 0.1) is 12.8 Å². The second-order valence-corrected chi connectivity index (χ2v) is 12.3. The van der Waals surface area contributed by atoms with Gasteiger partial charge in [0, 0.05) is 46.9 Å². The van der Waals surface area contributed by atoms with E-state index in [0.717, 1.165) is 36.3 Å². The van der Waals surface area contributed by atoms with Crippen molar-refractivity contribution in [2.75, 3.05) is 20.1 Å². The number of carbonyl (C=O) groups is 1. The van der Waals surface area contributed by atoms with Crippen LogP contribution in [-0.2, 0) is 11.3 Å². The zero-order valence-electron chi connectivity index (χ0n) is 20.2. The first-order valence-corrected chi connectivity index (χ1v) is 14.2. The van der Waals surface area contributed by atoms with Crippen molar-refractivity contribution < 1.29 is 4.79 Å². The minimum atomic E-state index is -0.0522. The van der Waals surface area contributed by atoms with Crippen LogP contribution in [0.25, 0.3) is 10.1 Å². The van der Waals surface area contributed by atoms with Crippen LogP contribution in [0.15, 0.2) is 47.8 Å². The van der Waals surface area contributed by atoms with Gasteiger partial charge < -0.3 is 4.90 Å². The van der Waals surface area contributed by atoms with Gasteiger partial charge in [-0.15, -0.1) is 11.3 Å². The van der Waals surface area contributed by atoms with Gasteiger partial charge in [-0.25, -0.2) is 9.97 Å². The van der Waals surface area contributed by atoms with E-state index >= 15 is 0 Å². The average molecular weight is 495 g/mol. The van der Waals surface area contributed by atoms with Crippen molar-refractivity contribution in [2.45, 2.75) is 68.4 Å². The van der Waals surface area contributed by atoms with Gasteiger partial charge in [0.15, 0.2) is 5.16 Å². The number of likely N-dealkylation sites (N-methyl/N-ethyl adjacent to an activating group) is 1. The number of hydrogen-bond donors (Lipinski definition) is 0. The highest BCUT2D eigenvalue weighted by Gasteiger charge is 2.39. The second-order valence-electron chi connectivity index (χ2n) is 9.87. The van der Waals surface area contributed by atoms with Gasteiger partial charge in [0.05, 0.1) is 12.6 Å². The number of rotatable bonds is 7. The van der Waals surface area contributed by atoms with Gasteiger partial charge in [0.2, 0.25) is 5.91 Å². The van der Waals surface area contributed by atoms with Crippen LogP contribution < -0.4 is 0 Å². The number of nitrogens with zero attached hydrogens (tertiary/aromatic N) is 4. The summed E-state index contributed by atoms with van der Waals surface area (Å²) in [7, 11) is 1.97. The van der Waals surface area contributed by atoms with Gasteiger partial charge in [-0.2, -0.15) is 0 Å². The van der Waals surface area contributed by atoms with E-state index in [1.165, 1.54) is 47.1 Å². The summed E-state index contributed by atoms with van der Waals surface area (Å²) in [6.45, 7) is 4.65. The molecule has 1 saturated heterocycles. The van der Waals surface area contributed by atoms with E-state index in [1.807, 2.05) is 31.1 Å². The molecule has 0 radical (unpaired) electrons. The molecule has 0 bridgehead atoms. The van der Waals surface area contributed by atoms with Crippen LogP contribution in [0.1, 0.15) is 49.1 Å². The number of thiophene rings is 1. The van der Waals surface area contributed by atoms with Crippen molar-refractivity contribution in [2.24, 2.45) is 5.92 Å². The number of aromatic nitrogens is 2. The maximum atomic E-state index is 13.7. The van der Waals surface area contributed by atoms with E-state index in [2.05, 4.69) is 45.2 Å². The average Bonchev–Trinajstić information content (AvgIpc) is 3.42. The maximum absolute atomic E-state index is 13.7. The molecule has 34 heavy (non-hydrogen) atoms. The Balaban J connectivity index is 1.29. The fraction of sp³-hybridized carbons (Fsp3) is 0.519. The molecular weight excluding hydrogens is 460 g/mol. The number of fused-ring (bicyclic) bond motifs is 1. The summed E-state index contributed by atoms with van der Waals surface area (Å²) in [6, 6.07) is 12.6. The lowest BCUT2D eigenvalue weighted by atomic mass is 9.89. The first-order chi connectivity index (χ1) is 16.5. The van der Waals surface area contributed by atoms with Crippen molar-refractivity contribution in [3.63, 3.8) is 0 Å². The third kappa shape index (κ3) is 5.64. The second kappa shape index (κ2) is 10.8. The predicted octanol–water partition coefficient (Wildman–Crippen LogP) is 5.77. The molecule has 2 atom stereocenters. The van der Waals surface area contributed by atoms with Gasteiger partial charge in [-0.05, 0) is 55.7 Å². The largest absolute Gasteiger partial charge is 0.339 e. The molecule has 1 aromatic carbocycles. The molecule has 5 rings (SSSR count). The van der Waals surface area contributed by atoms with E-state index in [9.17, 15) is 4.79 Å². The molecule has 2 aromatic heterocycles. The lowest BCUT2D eigenvalue weighted by molar-refractivity contribution is -0.135. The van der Waals surface area contributed by atoms with E-state index in [0.29, 0.717) is 11.8 Å². The van der Waals surface area contributed by atoms with Crippen LogP contribution in [0.5, 0.6) is 0 Å². The predicted molar refractivity (Wildman–Crippen MR) is 141 cm³/mol. The molecule has 0 N–H and O–H groups in total. The first kappa shape index (κ1) is 23.8. The molecule has 0 spiro atoms. The molecule has 180 valence electrons. The fourth-order valence-electron chi connectivity index (χ4n) is 5.42. The van der Waals surface area contributed by atoms with Crippen LogP contribution in [-0.4, -0.2) is 57.1 Å². The Morgan fingerprint density at radius 1 is 1.21 bits per heavy atom. The van der Waals surface area contributed by atoms with E-state index in [-0.39, 0.29) is 11.9 Å². The molecule has 3 aromatic rings. The standard InChI is InChI=1S/C27H34N4OS2/c1-19-12-13-28-27(29-19)34-23-15-24(31(18-23)16-20-8-4-3-5-9-20)26(32)30(2)17-22-14-21-10-6-7-11-25(21)33-22/h6-7,10-14,20,23-24H,3-5,8-9,15-18H2,1-2H3/t23-,24+/m1/s1. The number of benzene rings is 1. The van der Waals surface area contributed by atoms with Gasteiger partial charge in [-0.1, -0.05) is 49.2 Å². The number of amides is 1. The molecule has 0 unspecified atom stereocenters. The molecule has 2 fully saturated rings. The van der Waals surface area contributed by atoms with Gasteiger partial charge in [0.25, 0.3) is 0 Å². The smallest absolute Gasteiger partial charge is 0.240 e. The van der Waals surface area contributed by atoms with Crippen LogP contribution in [0.2, 0.25) is 0 Å². The number of likely N-dealkylation sites (tertiary alicyclic amines) is 1. The van der Waals surface area contributed by atoms with Crippen LogP contribution >= 0.6 is 23.1 Å². The van der Waals surface area contributed by atoms with Gasteiger partial charge in [0.1, 0.15) is 0 Å². The molecule has 2 aliphatic rings. The third-order valence-electron chi connectivity index (χ3n) is 7.16. The highest BCUT2D eigenvalue weighted by molar-refractivity contribution is 7.99. The molecule has 1 amide bonds. The van der Waals surface area contributed by atoms with Gasteiger partial charge in [-0.3, -0.25) is 9.69 Å².